The zero-order valence-corrected chi connectivity index (χ0v) is 34.0. The number of hydrogen-bond donors (Lipinski definition) is 0. The highest BCUT2D eigenvalue weighted by molar-refractivity contribution is 5.04. The molecule has 0 heterocycles. The molecule has 9 rings (SSSR count). The molecule has 0 aromatic heterocycles. The monoisotopic (exact) mass is 705 g/mol. The first-order valence-corrected chi connectivity index (χ1v) is 24.7. The molecular weight excluding hydrogens is 620 g/mol. The minimum Gasteiger partial charge on any atom is -0.255 e. The molecule has 12 atom stereocenters. The standard InChI is InChI=1S/C49H82.CH3F/c1-2-12-34-24-28-38(29-25-35(34)13-3-1)40-16-10-18-42(32-40)48-44-20-6-8-22-46(44)49(47-23-9-7-21-45(47)48)43-19-11-17-41(33-43)39-30-26-36-14-4-5-15-37(36)27-31-39;1-2/h34-49H,1-33H2;1H3. The van der Waals surface area contributed by atoms with Gasteiger partial charge in [0.05, 0.1) is 7.18 Å². The number of alkyl halides is 1. The van der Waals surface area contributed by atoms with Gasteiger partial charge in [-0.15, -0.1) is 0 Å². The number of rotatable bonds is 4. The Kier molecular flexibility index (Phi) is 13.5. The van der Waals surface area contributed by atoms with Gasteiger partial charge in [-0.25, -0.2) is 0 Å². The van der Waals surface area contributed by atoms with Gasteiger partial charge in [0.2, 0.25) is 0 Å². The van der Waals surface area contributed by atoms with Crippen molar-refractivity contribution >= 4 is 0 Å². The van der Waals surface area contributed by atoms with Crippen molar-refractivity contribution in [3.63, 3.8) is 0 Å². The summed E-state index contributed by atoms with van der Waals surface area (Å²) in [6.07, 6.45) is 53.0. The molecule has 0 saturated heterocycles. The van der Waals surface area contributed by atoms with Gasteiger partial charge in [0.15, 0.2) is 0 Å². The van der Waals surface area contributed by atoms with E-state index in [0.717, 1.165) is 94.7 Å². The first kappa shape index (κ1) is 37.8. The van der Waals surface area contributed by atoms with Crippen molar-refractivity contribution in [3.05, 3.63) is 0 Å². The van der Waals surface area contributed by atoms with Crippen LogP contribution >= 0.6 is 0 Å². The minimum absolute atomic E-state index is 0.500. The third-order valence-corrected chi connectivity index (χ3v) is 19.7. The maximum Gasteiger partial charge on any atom is 0.0785 e. The smallest absolute Gasteiger partial charge is 0.0785 e. The predicted octanol–water partition coefficient (Wildman–Crippen LogP) is 15.4. The van der Waals surface area contributed by atoms with Crippen LogP contribution in [0.1, 0.15) is 212 Å². The van der Waals surface area contributed by atoms with Crippen LogP contribution in [0.5, 0.6) is 0 Å². The van der Waals surface area contributed by atoms with E-state index in [2.05, 4.69) is 0 Å². The van der Waals surface area contributed by atoms with Crippen molar-refractivity contribution < 1.29 is 4.39 Å². The average molecular weight is 705 g/mol. The SMILES string of the molecule is C1CCC2CCC(C3CCCC(C4C5CCCCC5C(C5CCCC(C6CCC7CCCCC7CC6)C5)C5CCCCC54)C3)CCC2CC1.CF. The summed E-state index contributed by atoms with van der Waals surface area (Å²) in [5, 5.41) is 0. The Labute approximate surface area is 317 Å². The quantitative estimate of drug-likeness (QED) is 0.273. The maximum atomic E-state index is 9.50. The van der Waals surface area contributed by atoms with Crippen molar-refractivity contribution in [1.82, 2.24) is 0 Å². The Hall–Kier alpha value is -0.0700. The second kappa shape index (κ2) is 18.3. The van der Waals surface area contributed by atoms with E-state index < -0.39 is 0 Å². The van der Waals surface area contributed by atoms with Gasteiger partial charge < -0.3 is 0 Å². The number of halogens is 1. The van der Waals surface area contributed by atoms with E-state index in [0.29, 0.717) is 7.18 Å². The zero-order valence-electron chi connectivity index (χ0n) is 34.0. The molecule has 51 heavy (non-hydrogen) atoms. The lowest BCUT2D eigenvalue weighted by Crippen LogP contribution is -2.54. The Morgan fingerprint density at radius 1 is 0.216 bits per heavy atom. The third-order valence-electron chi connectivity index (χ3n) is 19.7. The van der Waals surface area contributed by atoms with Crippen LogP contribution in [0.2, 0.25) is 0 Å². The van der Waals surface area contributed by atoms with Crippen molar-refractivity contribution in [3.8, 4) is 0 Å². The molecule has 0 aromatic rings. The van der Waals surface area contributed by atoms with Gasteiger partial charge in [0.1, 0.15) is 0 Å². The van der Waals surface area contributed by atoms with Crippen LogP contribution in [0.4, 0.5) is 4.39 Å². The lowest BCUT2D eigenvalue weighted by Gasteiger charge is -2.61. The van der Waals surface area contributed by atoms with E-state index >= 15 is 0 Å². The molecule has 0 spiro atoms. The fourth-order valence-corrected chi connectivity index (χ4v) is 17.6. The Balaban J connectivity index is 0.00000184. The van der Waals surface area contributed by atoms with Gasteiger partial charge in [0, 0.05) is 0 Å². The highest BCUT2D eigenvalue weighted by atomic mass is 19.1. The minimum atomic E-state index is 0.500. The van der Waals surface area contributed by atoms with E-state index in [9.17, 15) is 4.39 Å². The van der Waals surface area contributed by atoms with Gasteiger partial charge in [-0.3, -0.25) is 4.39 Å². The topological polar surface area (TPSA) is 0 Å². The fourth-order valence-electron chi connectivity index (χ4n) is 17.6. The molecule has 9 aliphatic carbocycles. The molecular formula is C50H85F. The normalized spacial score (nSPS) is 49.5. The highest BCUT2D eigenvalue weighted by Gasteiger charge is 2.55. The Morgan fingerprint density at radius 3 is 0.784 bits per heavy atom. The highest BCUT2D eigenvalue weighted by Crippen LogP contribution is 2.63. The van der Waals surface area contributed by atoms with Crippen LogP contribution < -0.4 is 0 Å². The molecule has 0 amide bonds. The van der Waals surface area contributed by atoms with Crippen LogP contribution in [-0.4, -0.2) is 7.18 Å². The van der Waals surface area contributed by atoms with Crippen molar-refractivity contribution in [2.24, 2.45) is 94.7 Å². The van der Waals surface area contributed by atoms with Crippen molar-refractivity contribution in [2.75, 3.05) is 7.18 Å². The largest absolute Gasteiger partial charge is 0.255 e. The van der Waals surface area contributed by atoms with E-state index in [1.165, 1.54) is 6.42 Å². The molecule has 12 unspecified atom stereocenters. The van der Waals surface area contributed by atoms with Gasteiger partial charge in [-0.05, 0) is 185 Å². The number of fused-ring (bicyclic) bond motifs is 4. The number of hydrogen-bond acceptors (Lipinski definition) is 0. The molecule has 0 bridgehead atoms. The second-order valence-corrected chi connectivity index (χ2v) is 21.5. The van der Waals surface area contributed by atoms with E-state index in [1.807, 2.05) is 0 Å². The summed E-state index contributed by atoms with van der Waals surface area (Å²) in [4.78, 5) is 0. The van der Waals surface area contributed by atoms with Crippen LogP contribution in [0, 0.1) is 94.7 Å². The maximum absolute atomic E-state index is 9.50. The lowest BCUT2D eigenvalue weighted by atomic mass is 9.44. The molecule has 0 aromatic carbocycles. The first-order valence-electron chi connectivity index (χ1n) is 24.7. The summed E-state index contributed by atoms with van der Waals surface area (Å²) in [6, 6.07) is 0. The molecule has 9 fully saturated rings. The summed E-state index contributed by atoms with van der Waals surface area (Å²) in [6.45, 7) is 0. The van der Waals surface area contributed by atoms with Gasteiger partial charge in [-0.1, -0.05) is 122 Å². The molecule has 0 aliphatic heterocycles. The molecule has 9 aliphatic rings. The Bertz CT molecular complexity index is 978. The summed E-state index contributed by atoms with van der Waals surface area (Å²) in [5.41, 5.74) is 0. The van der Waals surface area contributed by atoms with Gasteiger partial charge in [-0.2, -0.15) is 0 Å². The van der Waals surface area contributed by atoms with E-state index in [4.69, 9.17) is 0 Å². The molecule has 1 heteroatoms. The summed E-state index contributed by atoms with van der Waals surface area (Å²) >= 11 is 0. The van der Waals surface area contributed by atoms with E-state index in [1.54, 1.807) is 205 Å². The summed E-state index contributed by atoms with van der Waals surface area (Å²) in [7, 11) is 0.500. The summed E-state index contributed by atoms with van der Waals surface area (Å²) in [5.74, 6) is 17.9. The van der Waals surface area contributed by atoms with Crippen molar-refractivity contribution in [2.45, 2.75) is 212 Å². The second-order valence-electron chi connectivity index (χ2n) is 21.5. The molecule has 0 N–H and O–H groups in total. The fraction of sp³-hybridized carbons (Fsp3) is 1.00. The van der Waals surface area contributed by atoms with Crippen LogP contribution in [0.3, 0.4) is 0 Å². The lowest BCUT2D eigenvalue weighted by molar-refractivity contribution is -0.119. The van der Waals surface area contributed by atoms with Crippen LogP contribution in [-0.2, 0) is 0 Å². The average Bonchev–Trinajstić information content (AvgIpc) is 3.65. The van der Waals surface area contributed by atoms with E-state index in [-0.39, 0.29) is 0 Å². The zero-order chi connectivity index (χ0) is 34.6. The third kappa shape index (κ3) is 8.39. The van der Waals surface area contributed by atoms with Crippen molar-refractivity contribution in [1.29, 1.82) is 0 Å². The first-order chi connectivity index (χ1) is 25.3. The summed E-state index contributed by atoms with van der Waals surface area (Å²) < 4.78 is 9.50. The van der Waals surface area contributed by atoms with Gasteiger partial charge in [0.25, 0.3) is 0 Å². The Morgan fingerprint density at radius 2 is 0.451 bits per heavy atom. The van der Waals surface area contributed by atoms with Crippen LogP contribution in [0.25, 0.3) is 0 Å². The molecule has 9 saturated carbocycles. The van der Waals surface area contributed by atoms with Crippen LogP contribution in [0.15, 0.2) is 0 Å². The van der Waals surface area contributed by atoms with Gasteiger partial charge >= 0.3 is 0 Å². The molecule has 0 radical (unpaired) electrons. The molecule has 292 valence electrons. The molecule has 0 nitrogen and oxygen atoms in total. The predicted molar refractivity (Wildman–Crippen MR) is 215 cm³/mol.